The van der Waals surface area contributed by atoms with Gasteiger partial charge in [0.15, 0.2) is 6.29 Å². The molecule has 6 heteroatoms. The minimum absolute atomic E-state index is 0.101. The molecular weight excluding hydrogens is 342 g/mol. The normalized spacial score (nSPS) is 11.4. The average Bonchev–Trinajstić information content (AvgIpc) is 3.10. The zero-order valence-corrected chi connectivity index (χ0v) is 15.9. The van der Waals surface area contributed by atoms with E-state index in [4.69, 9.17) is 9.72 Å². The van der Waals surface area contributed by atoms with Gasteiger partial charge in [-0.2, -0.15) is 5.10 Å². The lowest BCUT2D eigenvalue weighted by Crippen LogP contribution is -2.24. The largest absolute Gasteiger partial charge is 0.507 e. The van der Waals surface area contributed by atoms with Crippen molar-refractivity contribution in [2.24, 2.45) is 0 Å². The van der Waals surface area contributed by atoms with E-state index >= 15 is 0 Å². The maximum atomic E-state index is 11.2. The SMILES string of the molecule is Cc1ccc(COc2cccc(O)c2C=O)c(-c2ccnn2C(C)(C)C)n1. The van der Waals surface area contributed by atoms with Gasteiger partial charge in [-0.3, -0.25) is 14.5 Å². The molecule has 6 nitrogen and oxygen atoms in total. The number of aryl methyl sites for hydroxylation is 1. The first kappa shape index (κ1) is 18.6. The highest BCUT2D eigenvalue weighted by Gasteiger charge is 2.21. The zero-order valence-electron chi connectivity index (χ0n) is 15.9. The second-order valence-corrected chi connectivity index (χ2v) is 7.35. The molecule has 3 rings (SSSR count). The number of aromatic hydroxyl groups is 1. The van der Waals surface area contributed by atoms with Crippen LogP contribution in [-0.4, -0.2) is 26.2 Å². The van der Waals surface area contributed by atoms with E-state index in [9.17, 15) is 9.90 Å². The topological polar surface area (TPSA) is 77.2 Å². The van der Waals surface area contributed by atoms with Gasteiger partial charge in [-0.05, 0) is 52.0 Å². The van der Waals surface area contributed by atoms with Crippen LogP contribution in [0.15, 0.2) is 42.6 Å². The number of carbonyl (C=O) groups excluding carboxylic acids is 1. The van der Waals surface area contributed by atoms with E-state index in [0.29, 0.717) is 12.0 Å². The minimum Gasteiger partial charge on any atom is -0.507 e. The molecule has 0 saturated carbocycles. The van der Waals surface area contributed by atoms with Crippen molar-refractivity contribution in [2.45, 2.75) is 39.8 Å². The highest BCUT2D eigenvalue weighted by atomic mass is 16.5. The number of aldehydes is 1. The monoisotopic (exact) mass is 365 g/mol. The van der Waals surface area contributed by atoms with Gasteiger partial charge in [0, 0.05) is 17.5 Å². The molecule has 0 atom stereocenters. The van der Waals surface area contributed by atoms with Crippen LogP contribution in [0.2, 0.25) is 0 Å². The van der Waals surface area contributed by atoms with Gasteiger partial charge >= 0.3 is 0 Å². The summed E-state index contributed by atoms with van der Waals surface area (Å²) in [5, 5.41) is 14.3. The molecule has 2 aromatic heterocycles. The molecule has 0 aliphatic heterocycles. The lowest BCUT2D eigenvalue weighted by atomic mass is 10.1. The van der Waals surface area contributed by atoms with Crippen molar-refractivity contribution in [3.8, 4) is 22.9 Å². The van der Waals surface area contributed by atoms with Crippen LogP contribution in [0.4, 0.5) is 0 Å². The summed E-state index contributed by atoms with van der Waals surface area (Å²) < 4.78 is 7.77. The number of phenolic OH excluding ortho intramolecular Hbond substituents is 1. The molecule has 0 amide bonds. The highest BCUT2D eigenvalue weighted by molar-refractivity contribution is 5.83. The molecule has 0 saturated heterocycles. The molecule has 0 aliphatic rings. The second kappa shape index (κ2) is 7.23. The van der Waals surface area contributed by atoms with Crippen LogP contribution in [0.1, 0.15) is 42.4 Å². The van der Waals surface area contributed by atoms with Crippen LogP contribution in [0.3, 0.4) is 0 Å². The van der Waals surface area contributed by atoms with E-state index in [1.807, 2.05) is 29.8 Å². The molecule has 2 heterocycles. The van der Waals surface area contributed by atoms with Gasteiger partial charge in [0.25, 0.3) is 0 Å². The Kier molecular flexibility index (Phi) is 4.99. The molecule has 0 radical (unpaired) electrons. The molecule has 140 valence electrons. The van der Waals surface area contributed by atoms with Crippen LogP contribution < -0.4 is 4.74 Å². The van der Waals surface area contributed by atoms with Crippen LogP contribution >= 0.6 is 0 Å². The zero-order chi connectivity index (χ0) is 19.6. The number of pyridine rings is 1. The van der Waals surface area contributed by atoms with Gasteiger partial charge < -0.3 is 9.84 Å². The predicted octanol–water partition coefficient (Wildman–Crippen LogP) is 4.11. The van der Waals surface area contributed by atoms with Gasteiger partial charge in [-0.15, -0.1) is 0 Å². The third-order valence-corrected chi connectivity index (χ3v) is 4.18. The molecule has 0 fully saturated rings. The van der Waals surface area contributed by atoms with Gasteiger partial charge in [-0.1, -0.05) is 12.1 Å². The van der Waals surface area contributed by atoms with Crippen LogP contribution in [-0.2, 0) is 12.1 Å². The number of aromatic nitrogens is 3. The Bertz CT molecular complexity index is 971. The Morgan fingerprint density at radius 1 is 1.19 bits per heavy atom. The number of carbonyl (C=O) groups is 1. The second-order valence-electron chi connectivity index (χ2n) is 7.35. The summed E-state index contributed by atoms with van der Waals surface area (Å²) in [6.07, 6.45) is 2.35. The standard InChI is InChI=1S/C21H23N3O3/c1-14-8-9-15(13-27-19-7-5-6-18(26)16(19)12-25)20(23-14)17-10-11-22-24(17)21(2,3)4/h5-12,26H,13H2,1-4H3. The molecular formula is C21H23N3O3. The summed E-state index contributed by atoms with van der Waals surface area (Å²) in [6.45, 7) is 8.39. The molecule has 0 spiro atoms. The van der Waals surface area contributed by atoms with Crippen molar-refractivity contribution in [2.75, 3.05) is 0 Å². The molecule has 27 heavy (non-hydrogen) atoms. The fraction of sp³-hybridized carbons (Fsp3) is 0.286. The van der Waals surface area contributed by atoms with E-state index in [1.165, 1.54) is 6.07 Å². The molecule has 0 aliphatic carbocycles. The van der Waals surface area contributed by atoms with Crippen molar-refractivity contribution in [3.05, 3.63) is 59.4 Å². The van der Waals surface area contributed by atoms with Gasteiger partial charge in [0.2, 0.25) is 0 Å². The van der Waals surface area contributed by atoms with Crippen LogP contribution in [0.25, 0.3) is 11.4 Å². The number of nitrogens with zero attached hydrogens (tertiary/aromatic N) is 3. The van der Waals surface area contributed by atoms with E-state index in [-0.39, 0.29) is 23.5 Å². The molecule has 1 aromatic carbocycles. The van der Waals surface area contributed by atoms with Gasteiger partial charge in [-0.25, -0.2) is 0 Å². The summed E-state index contributed by atoms with van der Waals surface area (Å²) >= 11 is 0. The van der Waals surface area contributed by atoms with E-state index < -0.39 is 0 Å². The highest BCUT2D eigenvalue weighted by Crippen LogP contribution is 2.30. The lowest BCUT2D eigenvalue weighted by Gasteiger charge is -2.23. The van der Waals surface area contributed by atoms with Crippen molar-refractivity contribution in [3.63, 3.8) is 0 Å². The van der Waals surface area contributed by atoms with Crippen molar-refractivity contribution < 1.29 is 14.6 Å². The summed E-state index contributed by atoms with van der Waals surface area (Å²) in [5.41, 5.74) is 3.39. The van der Waals surface area contributed by atoms with Gasteiger partial charge in [0.1, 0.15) is 18.1 Å². The molecule has 0 bridgehead atoms. The quantitative estimate of drug-likeness (QED) is 0.689. The van der Waals surface area contributed by atoms with Gasteiger partial charge in [0.05, 0.1) is 22.5 Å². The number of ether oxygens (including phenoxy) is 1. The smallest absolute Gasteiger partial charge is 0.157 e. The summed E-state index contributed by atoms with van der Waals surface area (Å²) in [4.78, 5) is 16.0. The van der Waals surface area contributed by atoms with Crippen LogP contribution in [0.5, 0.6) is 11.5 Å². The van der Waals surface area contributed by atoms with Crippen molar-refractivity contribution in [1.29, 1.82) is 0 Å². The molecule has 3 aromatic rings. The third-order valence-electron chi connectivity index (χ3n) is 4.18. The first-order chi connectivity index (χ1) is 12.8. The van der Waals surface area contributed by atoms with E-state index in [1.54, 1.807) is 18.3 Å². The van der Waals surface area contributed by atoms with E-state index in [2.05, 4.69) is 25.9 Å². The summed E-state index contributed by atoms with van der Waals surface area (Å²) in [7, 11) is 0. The summed E-state index contributed by atoms with van der Waals surface area (Å²) in [5.74, 6) is 0.233. The van der Waals surface area contributed by atoms with Crippen LogP contribution in [0, 0.1) is 6.92 Å². The Balaban J connectivity index is 1.98. The van der Waals surface area contributed by atoms with E-state index in [0.717, 1.165) is 22.6 Å². The first-order valence-corrected chi connectivity index (χ1v) is 8.72. The van der Waals surface area contributed by atoms with Crippen molar-refractivity contribution >= 4 is 6.29 Å². The fourth-order valence-corrected chi connectivity index (χ4v) is 2.87. The first-order valence-electron chi connectivity index (χ1n) is 8.72. The van der Waals surface area contributed by atoms with Crippen molar-refractivity contribution in [1.82, 2.24) is 14.8 Å². The third kappa shape index (κ3) is 3.84. The number of hydrogen-bond acceptors (Lipinski definition) is 5. The predicted molar refractivity (Wildman–Crippen MR) is 103 cm³/mol. The average molecular weight is 365 g/mol. The maximum Gasteiger partial charge on any atom is 0.157 e. The molecule has 1 N–H and O–H groups in total. The number of phenols is 1. The minimum atomic E-state index is -0.196. The number of hydrogen-bond donors (Lipinski definition) is 1. The Labute approximate surface area is 158 Å². The summed E-state index contributed by atoms with van der Waals surface area (Å²) in [6, 6.07) is 10.6. The maximum absolute atomic E-state index is 11.2. The Morgan fingerprint density at radius 3 is 2.67 bits per heavy atom. The number of benzene rings is 1. The number of rotatable bonds is 5. The lowest BCUT2D eigenvalue weighted by molar-refractivity contribution is 0.111. The Hall–Kier alpha value is -3.15. The fourth-order valence-electron chi connectivity index (χ4n) is 2.87. The Morgan fingerprint density at radius 2 is 1.96 bits per heavy atom. The molecule has 0 unspecified atom stereocenters.